The summed E-state index contributed by atoms with van der Waals surface area (Å²) in [5.74, 6) is 0.987. The first-order valence-corrected chi connectivity index (χ1v) is 5.70. The summed E-state index contributed by atoms with van der Waals surface area (Å²) in [7, 11) is 4.15. The zero-order valence-corrected chi connectivity index (χ0v) is 10.3. The van der Waals surface area contributed by atoms with Gasteiger partial charge >= 0.3 is 0 Å². The first kappa shape index (κ1) is 12.8. The van der Waals surface area contributed by atoms with Gasteiger partial charge in [0.25, 0.3) is 0 Å². The zero-order valence-electron chi connectivity index (χ0n) is 10.3. The van der Waals surface area contributed by atoms with Crippen LogP contribution in [0.3, 0.4) is 0 Å². The van der Waals surface area contributed by atoms with Crippen LogP contribution in [-0.4, -0.2) is 32.1 Å². The predicted molar refractivity (Wildman–Crippen MR) is 69.0 cm³/mol. The Morgan fingerprint density at radius 3 is 2.75 bits per heavy atom. The molecule has 0 spiro atoms. The van der Waals surface area contributed by atoms with Crippen LogP contribution in [0.2, 0.25) is 0 Å². The molecule has 0 bridgehead atoms. The van der Waals surface area contributed by atoms with Gasteiger partial charge < -0.3 is 9.64 Å². The van der Waals surface area contributed by atoms with Crippen molar-refractivity contribution in [3.05, 3.63) is 42.5 Å². The Hall–Kier alpha value is -1.28. The zero-order chi connectivity index (χ0) is 11.8. The van der Waals surface area contributed by atoms with Gasteiger partial charge in [-0.1, -0.05) is 24.3 Å². The molecule has 0 aliphatic heterocycles. The second kappa shape index (κ2) is 7.07. The van der Waals surface area contributed by atoms with Crippen LogP contribution in [0, 0.1) is 0 Å². The molecule has 0 N–H and O–H groups in total. The Balaban J connectivity index is 2.43. The minimum atomic E-state index is 0.770. The SMILES string of the molecule is C=CCc1ccccc1OCCCN(C)C. The van der Waals surface area contributed by atoms with Crippen LogP contribution in [0.4, 0.5) is 0 Å². The fourth-order valence-electron chi connectivity index (χ4n) is 1.53. The molecule has 0 aromatic heterocycles. The van der Waals surface area contributed by atoms with Gasteiger partial charge in [-0.3, -0.25) is 0 Å². The average Bonchev–Trinajstić information content (AvgIpc) is 2.26. The third-order valence-electron chi connectivity index (χ3n) is 2.34. The van der Waals surface area contributed by atoms with E-state index in [2.05, 4.69) is 31.6 Å². The first-order chi connectivity index (χ1) is 7.74. The summed E-state index contributed by atoms with van der Waals surface area (Å²) in [5.41, 5.74) is 1.21. The van der Waals surface area contributed by atoms with E-state index in [1.807, 2.05) is 24.3 Å². The van der Waals surface area contributed by atoms with Gasteiger partial charge in [-0.2, -0.15) is 0 Å². The molecule has 0 heterocycles. The van der Waals surface area contributed by atoms with Crippen LogP contribution < -0.4 is 4.74 Å². The lowest BCUT2D eigenvalue weighted by molar-refractivity contribution is 0.280. The molecule has 0 amide bonds. The minimum Gasteiger partial charge on any atom is -0.493 e. The van der Waals surface area contributed by atoms with Crippen molar-refractivity contribution < 1.29 is 4.74 Å². The fourth-order valence-corrected chi connectivity index (χ4v) is 1.53. The van der Waals surface area contributed by atoms with Gasteiger partial charge in [0, 0.05) is 6.54 Å². The van der Waals surface area contributed by atoms with Crippen LogP contribution in [0.25, 0.3) is 0 Å². The maximum absolute atomic E-state index is 5.77. The van der Waals surface area contributed by atoms with Gasteiger partial charge in [0.15, 0.2) is 0 Å². The van der Waals surface area contributed by atoms with E-state index >= 15 is 0 Å². The number of rotatable bonds is 7. The molecule has 2 heteroatoms. The molecule has 0 radical (unpaired) electrons. The minimum absolute atomic E-state index is 0.770. The summed E-state index contributed by atoms with van der Waals surface area (Å²) in [5, 5.41) is 0. The fraction of sp³-hybridized carbons (Fsp3) is 0.429. The summed E-state index contributed by atoms with van der Waals surface area (Å²) in [6, 6.07) is 8.15. The third-order valence-corrected chi connectivity index (χ3v) is 2.34. The number of ether oxygens (including phenoxy) is 1. The lowest BCUT2D eigenvalue weighted by atomic mass is 10.1. The largest absolute Gasteiger partial charge is 0.493 e. The highest BCUT2D eigenvalue weighted by Crippen LogP contribution is 2.18. The van der Waals surface area contributed by atoms with E-state index in [-0.39, 0.29) is 0 Å². The molecule has 2 nitrogen and oxygen atoms in total. The van der Waals surface area contributed by atoms with Crippen molar-refractivity contribution in [1.82, 2.24) is 4.90 Å². The molecule has 0 aliphatic rings. The van der Waals surface area contributed by atoms with E-state index in [9.17, 15) is 0 Å². The van der Waals surface area contributed by atoms with Gasteiger partial charge in [0.1, 0.15) is 5.75 Å². The molecule has 0 atom stereocenters. The van der Waals surface area contributed by atoms with Gasteiger partial charge in [-0.25, -0.2) is 0 Å². The summed E-state index contributed by atoms with van der Waals surface area (Å²) < 4.78 is 5.77. The third kappa shape index (κ3) is 4.49. The van der Waals surface area contributed by atoms with Gasteiger partial charge in [-0.15, -0.1) is 6.58 Å². The molecule has 0 fully saturated rings. The van der Waals surface area contributed by atoms with Gasteiger partial charge in [0.2, 0.25) is 0 Å². The lowest BCUT2D eigenvalue weighted by Gasteiger charge is -2.12. The molecule has 88 valence electrons. The molecule has 1 rings (SSSR count). The molecule has 1 aromatic carbocycles. The van der Waals surface area contributed by atoms with E-state index in [0.29, 0.717) is 0 Å². The van der Waals surface area contributed by atoms with E-state index in [1.165, 1.54) is 5.56 Å². The highest BCUT2D eigenvalue weighted by atomic mass is 16.5. The number of hydrogen-bond acceptors (Lipinski definition) is 2. The normalized spacial score (nSPS) is 10.4. The van der Waals surface area contributed by atoms with Crippen LogP contribution in [0.15, 0.2) is 36.9 Å². The summed E-state index contributed by atoms with van der Waals surface area (Å²) in [6.45, 7) is 5.58. The highest BCUT2D eigenvalue weighted by molar-refractivity contribution is 5.34. The van der Waals surface area contributed by atoms with Crippen molar-refractivity contribution in [3.8, 4) is 5.75 Å². The van der Waals surface area contributed by atoms with Crippen molar-refractivity contribution in [1.29, 1.82) is 0 Å². The topological polar surface area (TPSA) is 12.5 Å². The summed E-state index contributed by atoms with van der Waals surface area (Å²) in [6.07, 6.45) is 3.82. The number of allylic oxidation sites excluding steroid dienone is 1. The molecule has 0 saturated carbocycles. The second-order valence-corrected chi connectivity index (χ2v) is 4.11. The number of para-hydroxylation sites is 1. The lowest BCUT2D eigenvalue weighted by Crippen LogP contribution is -2.15. The Kier molecular flexibility index (Phi) is 5.65. The first-order valence-electron chi connectivity index (χ1n) is 5.70. The van der Waals surface area contributed by atoms with E-state index in [1.54, 1.807) is 0 Å². The van der Waals surface area contributed by atoms with E-state index < -0.39 is 0 Å². The number of nitrogens with zero attached hydrogens (tertiary/aromatic N) is 1. The van der Waals surface area contributed by atoms with Crippen molar-refractivity contribution >= 4 is 0 Å². The average molecular weight is 219 g/mol. The van der Waals surface area contributed by atoms with Crippen LogP contribution in [-0.2, 0) is 6.42 Å². The second-order valence-electron chi connectivity index (χ2n) is 4.11. The Morgan fingerprint density at radius 1 is 1.31 bits per heavy atom. The summed E-state index contributed by atoms with van der Waals surface area (Å²) in [4.78, 5) is 2.17. The van der Waals surface area contributed by atoms with E-state index in [0.717, 1.165) is 31.7 Å². The van der Waals surface area contributed by atoms with Crippen molar-refractivity contribution in [2.45, 2.75) is 12.8 Å². The molecular formula is C14H21NO. The number of hydrogen-bond donors (Lipinski definition) is 0. The van der Waals surface area contributed by atoms with Crippen molar-refractivity contribution in [3.63, 3.8) is 0 Å². The smallest absolute Gasteiger partial charge is 0.122 e. The molecule has 16 heavy (non-hydrogen) atoms. The molecule has 1 aromatic rings. The van der Waals surface area contributed by atoms with Crippen molar-refractivity contribution in [2.24, 2.45) is 0 Å². The molecule has 0 saturated heterocycles. The van der Waals surface area contributed by atoms with Crippen LogP contribution in [0.1, 0.15) is 12.0 Å². The maximum Gasteiger partial charge on any atom is 0.122 e. The standard InChI is InChI=1S/C14H21NO/c1-4-8-13-9-5-6-10-14(13)16-12-7-11-15(2)3/h4-6,9-10H,1,7-8,11-12H2,2-3H3. The molecule has 0 aliphatic carbocycles. The van der Waals surface area contributed by atoms with Gasteiger partial charge in [-0.05, 0) is 38.6 Å². The predicted octanol–water partition coefficient (Wildman–Crippen LogP) is 2.75. The molecule has 0 unspecified atom stereocenters. The van der Waals surface area contributed by atoms with Gasteiger partial charge in [0.05, 0.1) is 6.61 Å². The summed E-state index contributed by atoms with van der Waals surface area (Å²) >= 11 is 0. The quantitative estimate of drug-likeness (QED) is 0.516. The number of benzene rings is 1. The molecular weight excluding hydrogens is 198 g/mol. The Bertz CT molecular complexity index is 320. The Morgan fingerprint density at radius 2 is 2.06 bits per heavy atom. The van der Waals surface area contributed by atoms with E-state index in [4.69, 9.17) is 4.74 Å². The van der Waals surface area contributed by atoms with Crippen LogP contribution in [0.5, 0.6) is 5.75 Å². The maximum atomic E-state index is 5.77. The highest BCUT2D eigenvalue weighted by Gasteiger charge is 2.00. The van der Waals surface area contributed by atoms with Crippen molar-refractivity contribution in [2.75, 3.05) is 27.2 Å². The Labute approximate surface area is 98.5 Å². The monoisotopic (exact) mass is 219 g/mol. The van der Waals surface area contributed by atoms with Crippen LogP contribution >= 0.6 is 0 Å².